The normalized spacial score (nSPS) is 24.6. The van der Waals surface area contributed by atoms with Gasteiger partial charge in [0.1, 0.15) is 0 Å². The van der Waals surface area contributed by atoms with Crippen LogP contribution in [0.2, 0.25) is 18.1 Å². The molecule has 155 valence electrons. The summed E-state index contributed by atoms with van der Waals surface area (Å²) in [5, 5.41) is 0. The molecule has 0 spiro atoms. The monoisotopic (exact) mass is 491 g/mol. The predicted octanol–water partition coefficient (Wildman–Crippen LogP) is 4.48. The minimum absolute atomic E-state index is 0. The van der Waals surface area contributed by atoms with E-state index in [-0.39, 0.29) is 44.9 Å². The molecule has 1 aliphatic heterocycles. The van der Waals surface area contributed by atoms with E-state index in [0.29, 0.717) is 18.7 Å². The van der Waals surface area contributed by atoms with Gasteiger partial charge >= 0.3 is 0 Å². The Morgan fingerprint density at radius 2 is 1.63 bits per heavy atom. The van der Waals surface area contributed by atoms with Crippen molar-refractivity contribution in [2.75, 3.05) is 13.7 Å². The fourth-order valence-corrected chi connectivity index (χ4v) is 7.64. The third kappa shape index (κ3) is 8.34. The quantitative estimate of drug-likeness (QED) is 0.229. The fourth-order valence-electron chi connectivity index (χ4n) is 3.46. The van der Waals surface area contributed by atoms with Crippen LogP contribution in [0.15, 0.2) is 0 Å². The molecule has 1 rings (SSSR count). The zero-order valence-corrected chi connectivity index (χ0v) is 23.2. The van der Waals surface area contributed by atoms with Crippen LogP contribution in [0, 0.1) is 6.42 Å². The molecule has 0 saturated carbocycles. The van der Waals surface area contributed by atoms with Crippen LogP contribution in [-0.4, -0.2) is 64.8 Å². The molecule has 1 aliphatic rings. The van der Waals surface area contributed by atoms with Crippen molar-refractivity contribution in [3.63, 3.8) is 0 Å². The van der Waals surface area contributed by atoms with Crippen molar-refractivity contribution >= 4 is 24.7 Å². The molecule has 0 aromatic heterocycles. The van der Waals surface area contributed by atoms with Crippen molar-refractivity contribution in [3.8, 4) is 0 Å². The molecule has 3 radical (unpaired) electrons. The van der Waals surface area contributed by atoms with Gasteiger partial charge in [0.05, 0.1) is 20.6 Å². The zero-order valence-electron chi connectivity index (χ0n) is 18.5. The summed E-state index contributed by atoms with van der Waals surface area (Å²) in [4.78, 5) is 0. The molecule has 1 unspecified atom stereocenters. The largest absolute Gasteiger partial charge is 0.414 e. The molecular formula is C18H38BNO4PSiY-. The van der Waals surface area contributed by atoms with Crippen LogP contribution in [0.25, 0.3) is 0 Å². The van der Waals surface area contributed by atoms with Crippen molar-refractivity contribution in [2.45, 2.75) is 96.9 Å². The second-order valence-corrected chi connectivity index (χ2v) is 13.7. The average Bonchev–Trinajstić information content (AvgIpc) is 2.94. The van der Waals surface area contributed by atoms with E-state index >= 15 is 0 Å². The third-order valence-electron chi connectivity index (χ3n) is 5.18. The Bertz CT molecular complexity index is 391. The molecule has 9 heteroatoms. The Balaban J connectivity index is 0.00000676. The zero-order chi connectivity index (χ0) is 19.9. The summed E-state index contributed by atoms with van der Waals surface area (Å²) < 4.78 is 26.6. The Morgan fingerprint density at radius 3 is 2.04 bits per heavy atom. The number of ether oxygens (including phenoxy) is 1. The fraction of sp³-hybridized carbons (Fsp3) is 0.944. The Kier molecular flexibility index (Phi) is 14.7. The van der Waals surface area contributed by atoms with E-state index in [2.05, 4.69) is 53.1 Å². The molecule has 0 N–H and O–H groups in total. The predicted molar refractivity (Wildman–Crippen MR) is 113 cm³/mol. The number of rotatable bonds is 12. The van der Waals surface area contributed by atoms with Gasteiger partial charge in [-0.1, -0.05) is 26.8 Å². The number of hydrogen-bond acceptors (Lipinski definition) is 5. The molecule has 1 heterocycles. The smallest absolute Gasteiger partial charge is 0.256 e. The van der Waals surface area contributed by atoms with Gasteiger partial charge in [-0.2, -0.15) is 0 Å². The van der Waals surface area contributed by atoms with Crippen molar-refractivity contribution in [2.24, 2.45) is 0 Å². The van der Waals surface area contributed by atoms with Crippen LogP contribution in [-0.2, 0) is 50.9 Å². The summed E-state index contributed by atoms with van der Waals surface area (Å²) in [6.07, 6.45) is 1.53. The van der Waals surface area contributed by atoms with E-state index in [0.717, 1.165) is 18.1 Å². The van der Waals surface area contributed by atoms with Crippen molar-refractivity contribution < 1.29 is 50.9 Å². The first-order valence-corrected chi connectivity index (χ1v) is 13.6. The molecule has 0 aliphatic carbocycles. The van der Waals surface area contributed by atoms with E-state index in [1.54, 1.807) is 7.11 Å². The second kappa shape index (κ2) is 13.8. The van der Waals surface area contributed by atoms with Gasteiger partial charge in [0, 0.05) is 51.9 Å². The summed E-state index contributed by atoms with van der Waals surface area (Å²) in [5.41, 5.74) is 0. The summed E-state index contributed by atoms with van der Waals surface area (Å²) in [6.45, 7) is 15.8. The maximum Gasteiger partial charge on any atom is 0.256 e. The Morgan fingerprint density at radius 1 is 1.11 bits per heavy atom. The number of hydrogen-bond donors (Lipinski definition) is 0. The Hall–Kier alpha value is 1.62. The van der Waals surface area contributed by atoms with Crippen LogP contribution in [0.1, 0.15) is 48.5 Å². The third-order valence-corrected chi connectivity index (χ3v) is 11.9. The van der Waals surface area contributed by atoms with Gasteiger partial charge in [-0.25, -0.2) is 4.67 Å². The summed E-state index contributed by atoms with van der Waals surface area (Å²) in [6, 6.07) is 3.59. The van der Waals surface area contributed by atoms with Crippen LogP contribution in [0.5, 0.6) is 0 Å². The van der Waals surface area contributed by atoms with E-state index in [1.165, 1.54) is 0 Å². The number of nitrogens with zero attached hydrogens (tertiary/aromatic N) is 1. The van der Waals surface area contributed by atoms with Gasteiger partial charge < -0.3 is 18.2 Å². The molecule has 1 fully saturated rings. The van der Waals surface area contributed by atoms with Crippen LogP contribution >= 0.6 is 8.53 Å². The minimum Gasteiger partial charge on any atom is -0.414 e. The van der Waals surface area contributed by atoms with Gasteiger partial charge in [0.2, 0.25) is 0 Å². The first-order valence-electron chi connectivity index (χ1n) is 9.92. The molecule has 5 nitrogen and oxygen atoms in total. The van der Waals surface area contributed by atoms with E-state index in [1.807, 2.05) is 6.42 Å². The van der Waals surface area contributed by atoms with Crippen molar-refractivity contribution in [3.05, 3.63) is 6.42 Å². The van der Waals surface area contributed by atoms with E-state index in [4.69, 9.17) is 26.1 Å². The first-order chi connectivity index (χ1) is 12.2. The van der Waals surface area contributed by atoms with Gasteiger partial charge in [-0.05, 0) is 51.9 Å². The maximum absolute atomic E-state index is 6.42. The summed E-state index contributed by atoms with van der Waals surface area (Å²) in [5.74, 6) is 0. The van der Waals surface area contributed by atoms with E-state index < -0.39 is 22.8 Å². The van der Waals surface area contributed by atoms with Crippen molar-refractivity contribution in [1.29, 1.82) is 0 Å². The average molecular weight is 491 g/mol. The van der Waals surface area contributed by atoms with Crippen molar-refractivity contribution in [1.82, 2.24) is 4.67 Å². The van der Waals surface area contributed by atoms with Crippen LogP contribution in [0.4, 0.5) is 0 Å². The van der Waals surface area contributed by atoms with Gasteiger partial charge in [0.25, 0.3) is 8.53 Å². The molecular weight excluding hydrogens is 453 g/mol. The van der Waals surface area contributed by atoms with Crippen LogP contribution in [0.3, 0.4) is 0 Å². The standard InChI is InChI=1S/C18H38BNO4PSi.Y/c1-9-26(10-2,11-3)22-13-17-16(12-18(19)23-17)24-25(21-8)20(14(4)5)15(6)7;/h12,14-18H,9-11,13H2,1-8H3;/q-1;/t16-,17-,18-,25?;/m1./s1. The Labute approximate surface area is 196 Å². The van der Waals surface area contributed by atoms with Crippen LogP contribution < -0.4 is 0 Å². The van der Waals surface area contributed by atoms with Gasteiger partial charge in [0.15, 0.2) is 8.32 Å². The summed E-state index contributed by atoms with van der Waals surface area (Å²) in [7, 11) is 4.86. The molecule has 0 aromatic carbocycles. The maximum atomic E-state index is 6.42. The van der Waals surface area contributed by atoms with E-state index in [9.17, 15) is 0 Å². The molecule has 1 saturated heterocycles. The first kappa shape index (κ1) is 28.6. The van der Waals surface area contributed by atoms with Gasteiger partial charge in [-0.3, -0.25) is 6.42 Å². The second-order valence-electron chi connectivity index (χ2n) is 7.44. The summed E-state index contributed by atoms with van der Waals surface area (Å²) >= 11 is 0. The molecule has 0 bridgehead atoms. The SMILES string of the molecule is [B][C@H]1[CH-][C@@H](OP(OC)N(C(C)C)C(C)C)[C@@H](CO[Si](CC)(CC)CC)O1.[Y]. The minimum atomic E-state index is -1.67. The molecule has 4 atom stereocenters. The molecule has 27 heavy (non-hydrogen) atoms. The molecule has 0 aromatic rings. The molecule has 0 amide bonds. The topological polar surface area (TPSA) is 40.2 Å². The van der Waals surface area contributed by atoms with Gasteiger partial charge in [-0.15, -0.1) is 0 Å².